The molecule has 0 aliphatic heterocycles. The molecule has 5 nitrogen and oxygen atoms in total. The maximum atomic E-state index is 12.4. The van der Waals surface area contributed by atoms with Crippen molar-refractivity contribution >= 4 is 15.9 Å². The Kier molecular flexibility index (Phi) is 4.51. The Morgan fingerprint density at radius 2 is 1.68 bits per heavy atom. The number of carbonyl (C=O) groups is 1. The molecule has 0 saturated carbocycles. The fourth-order valence-electron chi connectivity index (χ4n) is 1.98. The van der Waals surface area contributed by atoms with Gasteiger partial charge >= 0.3 is 0 Å². The summed E-state index contributed by atoms with van der Waals surface area (Å²) in [7, 11) is -2.39. The highest BCUT2D eigenvalue weighted by Crippen LogP contribution is 2.17. The van der Waals surface area contributed by atoms with Gasteiger partial charge in [-0.25, -0.2) is 13.1 Å². The number of carbonyl (C=O) groups excluding carboxylic acids is 1. The van der Waals surface area contributed by atoms with E-state index in [0.717, 1.165) is 5.56 Å². The van der Waals surface area contributed by atoms with Gasteiger partial charge in [0, 0.05) is 5.56 Å². The van der Waals surface area contributed by atoms with Gasteiger partial charge in [0.1, 0.15) is 5.75 Å². The summed E-state index contributed by atoms with van der Waals surface area (Å²) in [5, 5.41) is 0. The van der Waals surface area contributed by atoms with Crippen LogP contribution in [0.15, 0.2) is 47.4 Å². The van der Waals surface area contributed by atoms with Crippen molar-refractivity contribution in [2.75, 3.05) is 7.11 Å². The van der Waals surface area contributed by atoms with Crippen molar-refractivity contribution in [3.05, 3.63) is 59.2 Å². The molecule has 6 heteroatoms. The third-order valence-electron chi connectivity index (χ3n) is 3.21. The van der Waals surface area contributed by atoms with Crippen molar-refractivity contribution in [2.24, 2.45) is 0 Å². The van der Waals surface area contributed by atoms with Gasteiger partial charge in [-0.2, -0.15) is 0 Å². The average Bonchev–Trinajstić information content (AvgIpc) is 2.49. The van der Waals surface area contributed by atoms with Crippen molar-refractivity contribution in [1.82, 2.24) is 4.72 Å². The van der Waals surface area contributed by atoms with Crippen LogP contribution < -0.4 is 9.46 Å². The fraction of sp³-hybridized carbons (Fsp3) is 0.188. The lowest BCUT2D eigenvalue weighted by Crippen LogP contribution is -2.31. The summed E-state index contributed by atoms with van der Waals surface area (Å²) in [6, 6.07) is 11.3. The zero-order chi connectivity index (χ0) is 16.3. The summed E-state index contributed by atoms with van der Waals surface area (Å²) in [6.07, 6.45) is 0. The molecule has 0 unspecified atom stereocenters. The van der Waals surface area contributed by atoms with Crippen molar-refractivity contribution < 1.29 is 17.9 Å². The van der Waals surface area contributed by atoms with Crippen molar-refractivity contribution in [3.8, 4) is 5.75 Å². The van der Waals surface area contributed by atoms with E-state index in [1.54, 1.807) is 38.1 Å². The predicted molar refractivity (Wildman–Crippen MR) is 83.6 cm³/mol. The maximum Gasteiger partial charge on any atom is 0.265 e. The number of ether oxygens (including phenoxy) is 1. The quantitative estimate of drug-likeness (QED) is 0.939. The molecular weight excluding hydrogens is 302 g/mol. The van der Waals surface area contributed by atoms with E-state index in [1.807, 2.05) is 6.07 Å². The molecule has 2 rings (SSSR count). The molecule has 0 fully saturated rings. The molecule has 0 aliphatic rings. The van der Waals surface area contributed by atoms with Crippen LogP contribution in [0.5, 0.6) is 5.75 Å². The van der Waals surface area contributed by atoms with Crippen LogP contribution in [0.2, 0.25) is 0 Å². The Bertz CT molecular complexity index is 795. The molecule has 2 aromatic rings. The summed E-state index contributed by atoms with van der Waals surface area (Å²) in [5.41, 5.74) is 1.64. The van der Waals surface area contributed by atoms with Gasteiger partial charge < -0.3 is 4.74 Å². The number of methoxy groups -OCH3 is 1. The van der Waals surface area contributed by atoms with E-state index < -0.39 is 15.9 Å². The summed E-state index contributed by atoms with van der Waals surface area (Å²) in [4.78, 5) is 12.2. The van der Waals surface area contributed by atoms with Gasteiger partial charge in [0.15, 0.2) is 0 Å². The molecular formula is C16H17NO4S. The Morgan fingerprint density at radius 1 is 1.05 bits per heavy atom. The van der Waals surface area contributed by atoms with E-state index in [1.165, 1.54) is 19.2 Å². The van der Waals surface area contributed by atoms with Crippen LogP contribution in [-0.4, -0.2) is 21.4 Å². The first-order chi connectivity index (χ1) is 10.3. The van der Waals surface area contributed by atoms with Gasteiger partial charge in [-0.3, -0.25) is 4.79 Å². The summed E-state index contributed by atoms with van der Waals surface area (Å²) in [5.74, 6) is -0.0857. The molecule has 0 bridgehead atoms. The number of hydrogen-bond acceptors (Lipinski definition) is 4. The van der Waals surface area contributed by atoms with Gasteiger partial charge in [0.2, 0.25) is 0 Å². The van der Waals surface area contributed by atoms with Gasteiger partial charge in [-0.1, -0.05) is 12.1 Å². The molecule has 0 heterocycles. The van der Waals surface area contributed by atoms with Crippen molar-refractivity contribution in [3.63, 3.8) is 0 Å². The summed E-state index contributed by atoms with van der Waals surface area (Å²) >= 11 is 0. The average molecular weight is 319 g/mol. The van der Waals surface area contributed by atoms with E-state index in [-0.39, 0.29) is 10.5 Å². The number of aryl methyl sites for hydroxylation is 2. The number of hydrogen-bond donors (Lipinski definition) is 1. The molecule has 2 aromatic carbocycles. The van der Waals surface area contributed by atoms with Crippen LogP contribution in [0.4, 0.5) is 0 Å². The fourth-order valence-corrected chi connectivity index (χ4v) is 3.28. The zero-order valence-electron chi connectivity index (χ0n) is 12.6. The minimum absolute atomic E-state index is 0.106. The van der Waals surface area contributed by atoms with Gasteiger partial charge in [-0.15, -0.1) is 0 Å². The SMILES string of the molecule is COc1ccc(C(=O)NS(=O)(=O)c2cc(C)ccc2C)cc1. The van der Waals surface area contributed by atoms with Crippen molar-refractivity contribution in [2.45, 2.75) is 18.7 Å². The third kappa shape index (κ3) is 3.46. The molecule has 0 aromatic heterocycles. The Morgan fingerprint density at radius 3 is 2.27 bits per heavy atom. The highest BCUT2D eigenvalue weighted by molar-refractivity contribution is 7.90. The Labute approximate surface area is 130 Å². The lowest BCUT2D eigenvalue weighted by atomic mass is 10.2. The normalized spacial score (nSPS) is 11.0. The minimum atomic E-state index is -3.91. The first kappa shape index (κ1) is 16.0. The number of sulfonamides is 1. The standard InChI is InChI=1S/C16H17NO4S/c1-11-4-5-12(2)15(10-11)22(19,20)17-16(18)13-6-8-14(21-3)9-7-13/h4-10H,1-3H3,(H,17,18). The van der Waals surface area contributed by atoms with Gasteiger partial charge in [-0.05, 0) is 55.3 Å². The topological polar surface area (TPSA) is 72.5 Å². The van der Waals surface area contributed by atoms with Crippen LogP contribution in [-0.2, 0) is 10.0 Å². The maximum absolute atomic E-state index is 12.4. The third-order valence-corrected chi connectivity index (χ3v) is 4.69. The molecule has 0 saturated heterocycles. The Hall–Kier alpha value is -2.34. The first-order valence-corrected chi connectivity index (χ1v) is 8.10. The largest absolute Gasteiger partial charge is 0.497 e. The zero-order valence-corrected chi connectivity index (χ0v) is 13.4. The predicted octanol–water partition coefficient (Wildman–Crippen LogP) is 2.43. The molecule has 1 amide bonds. The van der Waals surface area contributed by atoms with E-state index in [4.69, 9.17) is 4.74 Å². The highest BCUT2D eigenvalue weighted by Gasteiger charge is 2.20. The van der Waals surface area contributed by atoms with Gasteiger partial charge in [0.25, 0.3) is 15.9 Å². The van der Waals surface area contributed by atoms with E-state index in [9.17, 15) is 13.2 Å². The first-order valence-electron chi connectivity index (χ1n) is 6.62. The second-order valence-electron chi connectivity index (χ2n) is 4.93. The lowest BCUT2D eigenvalue weighted by Gasteiger charge is -2.10. The van der Waals surface area contributed by atoms with E-state index in [0.29, 0.717) is 11.3 Å². The highest BCUT2D eigenvalue weighted by atomic mass is 32.2. The molecule has 0 atom stereocenters. The van der Waals surface area contributed by atoms with Crippen LogP contribution in [0, 0.1) is 13.8 Å². The molecule has 1 N–H and O–H groups in total. The van der Waals surface area contributed by atoms with Gasteiger partial charge in [0.05, 0.1) is 12.0 Å². The van der Waals surface area contributed by atoms with E-state index >= 15 is 0 Å². The number of benzene rings is 2. The second-order valence-corrected chi connectivity index (χ2v) is 6.58. The van der Waals surface area contributed by atoms with Crippen LogP contribution >= 0.6 is 0 Å². The van der Waals surface area contributed by atoms with Crippen LogP contribution in [0.3, 0.4) is 0 Å². The molecule has 0 radical (unpaired) electrons. The summed E-state index contributed by atoms with van der Waals surface area (Å²) in [6.45, 7) is 3.48. The second kappa shape index (κ2) is 6.19. The minimum Gasteiger partial charge on any atom is -0.497 e. The summed E-state index contributed by atoms with van der Waals surface area (Å²) < 4.78 is 31.8. The molecule has 22 heavy (non-hydrogen) atoms. The lowest BCUT2D eigenvalue weighted by molar-refractivity contribution is 0.0981. The number of rotatable bonds is 4. The molecule has 0 spiro atoms. The van der Waals surface area contributed by atoms with Crippen LogP contribution in [0.25, 0.3) is 0 Å². The molecule has 0 aliphatic carbocycles. The number of nitrogens with one attached hydrogen (secondary N) is 1. The Balaban J connectivity index is 2.27. The van der Waals surface area contributed by atoms with Crippen LogP contribution in [0.1, 0.15) is 21.5 Å². The molecule has 116 valence electrons. The number of amides is 1. The van der Waals surface area contributed by atoms with Crippen molar-refractivity contribution in [1.29, 1.82) is 0 Å². The van der Waals surface area contributed by atoms with E-state index in [2.05, 4.69) is 4.72 Å². The smallest absolute Gasteiger partial charge is 0.265 e. The monoisotopic (exact) mass is 319 g/mol.